The van der Waals surface area contributed by atoms with Crippen molar-refractivity contribution in [3.63, 3.8) is 0 Å². The second-order valence-corrected chi connectivity index (χ2v) is 10.9. The summed E-state index contributed by atoms with van der Waals surface area (Å²) >= 11 is 0. The molecule has 0 aromatic heterocycles. The van der Waals surface area contributed by atoms with Gasteiger partial charge in [0.05, 0.1) is 10.9 Å². The molecule has 178 valence electrons. The SMILES string of the molecule is Cc1cc(C)c(S(=O)(=O)NC(Cc2ccccc2)C(=O)NC2CCCc3ccccc32)c(C)c1. The summed E-state index contributed by atoms with van der Waals surface area (Å²) in [5.41, 5.74) is 5.60. The van der Waals surface area contributed by atoms with Crippen molar-refractivity contribution in [2.24, 2.45) is 0 Å². The minimum absolute atomic E-state index is 0.122. The first-order valence-electron chi connectivity index (χ1n) is 11.8. The lowest BCUT2D eigenvalue weighted by Crippen LogP contribution is -2.49. The Morgan fingerprint density at radius 1 is 0.971 bits per heavy atom. The standard InChI is InChI=1S/C28H32N2O3S/c1-19-16-20(2)27(21(3)17-19)34(32,33)30-26(18-22-10-5-4-6-11-22)28(31)29-25-15-9-13-23-12-7-8-14-24(23)25/h4-8,10-12,14,16-17,25-26,30H,9,13,15,18H2,1-3H3,(H,29,31). The summed E-state index contributed by atoms with van der Waals surface area (Å²) in [6, 6.07) is 20.3. The number of rotatable bonds is 7. The average molecular weight is 477 g/mol. The molecule has 1 amide bonds. The molecule has 4 rings (SSSR count). The molecule has 1 aliphatic carbocycles. The third-order valence-corrected chi connectivity index (χ3v) is 8.23. The first-order valence-corrected chi connectivity index (χ1v) is 13.2. The molecule has 0 radical (unpaired) electrons. The summed E-state index contributed by atoms with van der Waals surface area (Å²) in [7, 11) is -3.91. The molecule has 3 aromatic carbocycles. The maximum Gasteiger partial charge on any atom is 0.241 e. The van der Waals surface area contributed by atoms with Crippen molar-refractivity contribution in [1.82, 2.24) is 10.0 Å². The van der Waals surface area contributed by atoms with Crippen LogP contribution >= 0.6 is 0 Å². The lowest BCUT2D eigenvalue weighted by molar-refractivity contribution is -0.123. The highest BCUT2D eigenvalue weighted by atomic mass is 32.2. The van der Waals surface area contributed by atoms with Gasteiger partial charge in [0.1, 0.15) is 6.04 Å². The molecule has 0 bridgehead atoms. The van der Waals surface area contributed by atoms with Gasteiger partial charge in [0.25, 0.3) is 0 Å². The molecular weight excluding hydrogens is 444 g/mol. The lowest BCUT2D eigenvalue weighted by Gasteiger charge is -2.28. The van der Waals surface area contributed by atoms with Gasteiger partial charge in [-0.3, -0.25) is 4.79 Å². The highest BCUT2D eigenvalue weighted by molar-refractivity contribution is 7.89. The molecule has 0 aliphatic heterocycles. The van der Waals surface area contributed by atoms with Gasteiger partial charge in [0, 0.05) is 0 Å². The zero-order valence-corrected chi connectivity index (χ0v) is 20.8. The molecule has 6 heteroatoms. The number of hydrogen-bond donors (Lipinski definition) is 2. The third kappa shape index (κ3) is 5.40. The van der Waals surface area contributed by atoms with Crippen molar-refractivity contribution in [1.29, 1.82) is 0 Å². The molecular formula is C28H32N2O3S. The van der Waals surface area contributed by atoms with Crippen LogP contribution in [0.25, 0.3) is 0 Å². The van der Waals surface area contributed by atoms with Crippen LogP contribution in [0.1, 0.15) is 52.3 Å². The lowest BCUT2D eigenvalue weighted by atomic mass is 9.87. The zero-order valence-electron chi connectivity index (χ0n) is 20.0. The first kappa shape index (κ1) is 24.2. The molecule has 2 N–H and O–H groups in total. The van der Waals surface area contributed by atoms with E-state index in [2.05, 4.69) is 22.2 Å². The minimum atomic E-state index is -3.91. The van der Waals surface area contributed by atoms with Crippen molar-refractivity contribution < 1.29 is 13.2 Å². The van der Waals surface area contributed by atoms with Crippen molar-refractivity contribution in [3.05, 3.63) is 100 Å². The van der Waals surface area contributed by atoms with Crippen LogP contribution in [0.2, 0.25) is 0 Å². The van der Waals surface area contributed by atoms with Crippen molar-refractivity contribution in [2.75, 3.05) is 0 Å². The third-order valence-electron chi connectivity index (χ3n) is 6.46. The Bertz CT molecular complexity index is 1260. The van der Waals surface area contributed by atoms with Crippen molar-refractivity contribution in [3.8, 4) is 0 Å². The molecule has 1 aliphatic rings. The van der Waals surface area contributed by atoms with Crippen LogP contribution in [0.3, 0.4) is 0 Å². The maximum absolute atomic E-state index is 13.5. The Hall–Kier alpha value is -2.96. The van der Waals surface area contributed by atoms with Crippen molar-refractivity contribution in [2.45, 2.75) is 63.4 Å². The van der Waals surface area contributed by atoms with E-state index < -0.39 is 16.1 Å². The predicted molar refractivity (Wildman–Crippen MR) is 135 cm³/mol. The van der Waals surface area contributed by atoms with Gasteiger partial charge in [0.15, 0.2) is 0 Å². The Labute approximate surface area is 202 Å². The summed E-state index contributed by atoms with van der Waals surface area (Å²) in [5, 5.41) is 3.14. The van der Waals surface area contributed by atoms with Gasteiger partial charge in [-0.1, -0.05) is 72.3 Å². The van der Waals surface area contributed by atoms with E-state index in [1.807, 2.05) is 61.5 Å². The van der Waals surface area contributed by atoms with Gasteiger partial charge in [0.2, 0.25) is 15.9 Å². The molecule has 0 fully saturated rings. The summed E-state index contributed by atoms with van der Waals surface area (Å²) in [5.74, 6) is -0.309. The van der Waals surface area contributed by atoms with Gasteiger partial charge < -0.3 is 5.32 Å². The molecule has 5 nitrogen and oxygen atoms in total. The monoisotopic (exact) mass is 476 g/mol. The average Bonchev–Trinajstić information content (AvgIpc) is 2.78. The van der Waals surface area contributed by atoms with E-state index in [0.717, 1.165) is 36.0 Å². The maximum atomic E-state index is 13.5. The van der Waals surface area contributed by atoms with Gasteiger partial charge in [-0.25, -0.2) is 8.42 Å². The molecule has 2 unspecified atom stereocenters. The fraction of sp³-hybridized carbons (Fsp3) is 0.321. The highest BCUT2D eigenvalue weighted by Crippen LogP contribution is 2.30. The molecule has 2 atom stereocenters. The number of sulfonamides is 1. The number of amides is 1. The van der Waals surface area contributed by atoms with Crippen LogP contribution in [-0.2, 0) is 27.7 Å². The Balaban J connectivity index is 1.63. The predicted octanol–water partition coefficient (Wildman–Crippen LogP) is 4.70. The molecule has 0 spiro atoms. The number of fused-ring (bicyclic) bond motifs is 1. The van der Waals surface area contributed by atoms with Crippen LogP contribution in [0.5, 0.6) is 0 Å². The van der Waals surface area contributed by atoms with E-state index in [1.54, 1.807) is 13.8 Å². The molecule has 0 heterocycles. The van der Waals surface area contributed by atoms with E-state index in [-0.39, 0.29) is 23.3 Å². The van der Waals surface area contributed by atoms with Gasteiger partial charge in [-0.15, -0.1) is 0 Å². The second-order valence-electron chi connectivity index (χ2n) is 9.24. The zero-order chi connectivity index (χ0) is 24.3. The fourth-order valence-electron chi connectivity index (χ4n) is 5.05. The van der Waals surface area contributed by atoms with E-state index in [1.165, 1.54) is 5.56 Å². The highest BCUT2D eigenvalue weighted by Gasteiger charge is 2.30. The van der Waals surface area contributed by atoms with E-state index in [9.17, 15) is 13.2 Å². The second kappa shape index (κ2) is 10.1. The Kier molecular flexibility index (Phi) is 7.19. The normalized spacial score (nSPS) is 16.5. The number of carbonyl (C=O) groups excluding carboxylic acids is 1. The Morgan fingerprint density at radius 3 is 2.32 bits per heavy atom. The Morgan fingerprint density at radius 2 is 1.62 bits per heavy atom. The van der Waals surface area contributed by atoms with Gasteiger partial charge in [-0.05, 0) is 74.3 Å². The number of hydrogen-bond acceptors (Lipinski definition) is 3. The quantitative estimate of drug-likeness (QED) is 0.519. The van der Waals surface area contributed by atoms with Crippen LogP contribution in [0, 0.1) is 20.8 Å². The van der Waals surface area contributed by atoms with Crippen LogP contribution in [-0.4, -0.2) is 20.4 Å². The van der Waals surface area contributed by atoms with E-state index in [0.29, 0.717) is 11.1 Å². The van der Waals surface area contributed by atoms with Crippen LogP contribution in [0.15, 0.2) is 71.6 Å². The largest absolute Gasteiger partial charge is 0.348 e. The fourth-order valence-corrected chi connectivity index (χ4v) is 6.70. The number of carbonyl (C=O) groups is 1. The summed E-state index contributed by atoms with van der Waals surface area (Å²) in [6.07, 6.45) is 3.08. The van der Waals surface area contributed by atoms with E-state index >= 15 is 0 Å². The molecule has 34 heavy (non-hydrogen) atoms. The first-order chi connectivity index (χ1) is 16.2. The number of benzene rings is 3. The molecule has 0 saturated heterocycles. The topological polar surface area (TPSA) is 75.3 Å². The van der Waals surface area contributed by atoms with Crippen molar-refractivity contribution >= 4 is 15.9 Å². The summed E-state index contributed by atoms with van der Waals surface area (Å²) in [6.45, 7) is 5.52. The van der Waals surface area contributed by atoms with Crippen LogP contribution in [0.4, 0.5) is 0 Å². The number of aryl methyl sites for hydroxylation is 4. The summed E-state index contributed by atoms with van der Waals surface area (Å²) in [4.78, 5) is 13.8. The number of nitrogens with one attached hydrogen (secondary N) is 2. The smallest absolute Gasteiger partial charge is 0.241 e. The van der Waals surface area contributed by atoms with Gasteiger partial charge >= 0.3 is 0 Å². The van der Waals surface area contributed by atoms with Gasteiger partial charge in [-0.2, -0.15) is 4.72 Å². The van der Waals surface area contributed by atoms with Crippen LogP contribution < -0.4 is 10.0 Å². The summed E-state index contributed by atoms with van der Waals surface area (Å²) < 4.78 is 29.7. The molecule has 3 aromatic rings. The van der Waals surface area contributed by atoms with E-state index in [4.69, 9.17) is 0 Å². The molecule has 0 saturated carbocycles. The minimum Gasteiger partial charge on any atom is -0.348 e.